The molecule has 6 heteroatoms. The van der Waals surface area contributed by atoms with Gasteiger partial charge in [0.05, 0.1) is 12.8 Å². The zero-order chi connectivity index (χ0) is 21.5. The number of aliphatic hydroxyl groups excluding tert-OH is 1. The Morgan fingerprint density at radius 2 is 1.80 bits per heavy atom. The van der Waals surface area contributed by atoms with Crippen LogP contribution < -0.4 is 4.74 Å². The fourth-order valence-electron chi connectivity index (χ4n) is 3.19. The molecular weight excluding hydrogens is 421 g/mol. The number of benzene rings is 2. The van der Waals surface area contributed by atoms with E-state index in [2.05, 4.69) is 30.9 Å². The van der Waals surface area contributed by atoms with E-state index in [1.165, 1.54) is 5.56 Å². The number of rotatable bonds is 10. The lowest BCUT2D eigenvalue weighted by Crippen LogP contribution is -2.35. The van der Waals surface area contributed by atoms with E-state index in [-0.39, 0.29) is 6.61 Å². The van der Waals surface area contributed by atoms with Gasteiger partial charge in [-0.3, -0.25) is 4.90 Å². The third-order valence-corrected chi connectivity index (χ3v) is 5.41. The summed E-state index contributed by atoms with van der Waals surface area (Å²) in [6.45, 7) is 6.01. The molecule has 0 spiro atoms. The van der Waals surface area contributed by atoms with E-state index in [1.807, 2.05) is 36.4 Å². The monoisotopic (exact) mass is 447 g/mol. The minimum Gasteiger partial charge on any atom is -0.491 e. The van der Waals surface area contributed by atoms with Crippen molar-refractivity contribution in [3.05, 3.63) is 87.8 Å². The predicted molar refractivity (Wildman–Crippen MR) is 121 cm³/mol. The molecule has 30 heavy (non-hydrogen) atoms. The topological polar surface area (TPSA) is 45.8 Å². The molecule has 3 rings (SSSR count). The van der Waals surface area contributed by atoms with E-state index in [4.69, 9.17) is 32.4 Å². The van der Waals surface area contributed by atoms with E-state index < -0.39 is 6.10 Å². The van der Waals surface area contributed by atoms with Crippen molar-refractivity contribution in [3.63, 3.8) is 0 Å². The van der Waals surface area contributed by atoms with Crippen LogP contribution in [-0.4, -0.2) is 29.3 Å². The van der Waals surface area contributed by atoms with Crippen molar-refractivity contribution in [1.82, 2.24) is 4.90 Å². The number of ether oxygens (including phenoxy) is 1. The summed E-state index contributed by atoms with van der Waals surface area (Å²) in [4.78, 5) is 2.07. The molecule has 1 N–H and O–H groups in total. The summed E-state index contributed by atoms with van der Waals surface area (Å²) in [6.07, 6.45) is 0.971. The molecule has 1 unspecified atom stereocenters. The van der Waals surface area contributed by atoms with Gasteiger partial charge in [0.15, 0.2) is 0 Å². The number of nitrogens with zero attached hydrogens (tertiary/aromatic N) is 1. The van der Waals surface area contributed by atoms with Crippen LogP contribution in [0.1, 0.15) is 36.7 Å². The van der Waals surface area contributed by atoms with Crippen molar-refractivity contribution in [3.8, 4) is 5.75 Å². The Morgan fingerprint density at radius 3 is 2.43 bits per heavy atom. The molecule has 3 aromatic rings. The Balaban J connectivity index is 1.61. The molecule has 0 aliphatic carbocycles. The summed E-state index contributed by atoms with van der Waals surface area (Å²) in [6, 6.07) is 17.2. The maximum absolute atomic E-state index is 10.6. The molecular formula is C24H27Cl2NO3. The molecule has 4 nitrogen and oxygen atoms in total. The molecule has 0 radical (unpaired) electrons. The van der Waals surface area contributed by atoms with E-state index in [1.54, 1.807) is 12.3 Å². The van der Waals surface area contributed by atoms with Gasteiger partial charge in [-0.25, -0.2) is 0 Å². The summed E-state index contributed by atoms with van der Waals surface area (Å²) in [7, 11) is 0. The molecule has 0 saturated carbocycles. The van der Waals surface area contributed by atoms with Crippen LogP contribution in [0.25, 0.3) is 0 Å². The van der Waals surface area contributed by atoms with Crippen LogP contribution in [0.5, 0.6) is 5.75 Å². The van der Waals surface area contributed by atoms with Gasteiger partial charge in [-0.2, -0.15) is 0 Å². The molecule has 1 atom stereocenters. The van der Waals surface area contributed by atoms with Crippen LogP contribution >= 0.6 is 23.2 Å². The van der Waals surface area contributed by atoms with Crippen LogP contribution in [-0.2, 0) is 13.1 Å². The molecule has 1 aromatic heterocycles. The van der Waals surface area contributed by atoms with Gasteiger partial charge < -0.3 is 14.3 Å². The maximum atomic E-state index is 10.6. The third kappa shape index (κ3) is 6.78. The second-order valence-corrected chi connectivity index (χ2v) is 8.52. The van der Waals surface area contributed by atoms with Crippen LogP contribution in [0.3, 0.4) is 0 Å². The average Bonchev–Trinajstić information content (AvgIpc) is 3.22. The van der Waals surface area contributed by atoms with Crippen molar-refractivity contribution in [2.45, 2.75) is 39.0 Å². The van der Waals surface area contributed by atoms with E-state index >= 15 is 0 Å². The van der Waals surface area contributed by atoms with Gasteiger partial charge in [-0.1, -0.05) is 55.2 Å². The lowest BCUT2D eigenvalue weighted by molar-refractivity contribution is 0.0604. The highest BCUT2D eigenvalue weighted by atomic mass is 35.5. The Labute approximate surface area is 188 Å². The highest BCUT2D eigenvalue weighted by molar-refractivity contribution is 6.35. The first-order valence-corrected chi connectivity index (χ1v) is 10.8. The second kappa shape index (κ2) is 10.9. The molecule has 0 aliphatic rings. The van der Waals surface area contributed by atoms with Gasteiger partial charge in [0.25, 0.3) is 0 Å². The van der Waals surface area contributed by atoms with E-state index in [0.717, 1.165) is 17.1 Å². The Morgan fingerprint density at radius 1 is 1.03 bits per heavy atom. The summed E-state index contributed by atoms with van der Waals surface area (Å²) < 4.78 is 11.3. The van der Waals surface area contributed by atoms with Gasteiger partial charge in [0.1, 0.15) is 24.2 Å². The van der Waals surface area contributed by atoms with Crippen LogP contribution in [0.15, 0.2) is 65.3 Å². The Bertz CT molecular complexity index is 911. The highest BCUT2D eigenvalue weighted by Crippen LogP contribution is 2.23. The number of hydrogen-bond acceptors (Lipinski definition) is 4. The third-order valence-electron chi connectivity index (χ3n) is 4.83. The molecule has 0 amide bonds. The lowest BCUT2D eigenvalue weighted by Gasteiger charge is -2.25. The van der Waals surface area contributed by atoms with Gasteiger partial charge in [0, 0.05) is 23.1 Å². The molecule has 0 bridgehead atoms. The minimum atomic E-state index is -0.671. The van der Waals surface area contributed by atoms with Crippen molar-refractivity contribution < 1.29 is 14.3 Å². The molecule has 0 saturated heterocycles. The first-order valence-electron chi connectivity index (χ1n) is 10.00. The smallest absolute Gasteiger partial charge is 0.119 e. The molecule has 160 valence electrons. The van der Waals surface area contributed by atoms with Crippen LogP contribution in [0.4, 0.5) is 0 Å². The van der Waals surface area contributed by atoms with Crippen molar-refractivity contribution in [2.24, 2.45) is 0 Å². The second-order valence-electron chi connectivity index (χ2n) is 7.67. The molecule has 0 fully saturated rings. The Hall–Kier alpha value is -1.98. The van der Waals surface area contributed by atoms with Crippen molar-refractivity contribution in [1.29, 1.82) is 0 Å². The standard InChI is InChI=1S/C24H27Cl2NO3/c1-17(2)18-6-9-22(10-7-18)30-16-21(28)14-27(15-23-4-3-11-29-23)13-19-5-8-20(25)12-24(19)26/h3-12,17,21,28H,13-16H2,1-2H3. The van der Waals surface area contributed by atoms with Gasteiger partial charge in [-0.05, 0) is 53.4 Å². The first-order chi connectivity index (χ1) is 14.4. The van der Waals surface area contributed by atoms with Gasteiger partial charge >= 0.3 is 0 Å². The maximum Gasteiger partial charge on any atom is 0.119 e. The molecule has 2 aromatic carbocycles. The average molecular weight is 448 g/mol. The van der Waals surface area contributed by atoms with E-state index in [0.29, 0.717) is 35.6 Å². The summed E-state index contributed by atoms with van der Waals surface area (Å²) in [5, 5.41) is 11.8. The van der Waals surface area contributed by atoms with Gasteiger partial charge in [0.2, 0.25) is 0 Å². The van der Waals surface area contributed by atoms with Crippen LogP contribution in [0.2, 0.25) is 10.0 Å². The number of furan rings is 1. The van der Waals surface area contributed by atoms with Crippen LogP contribution in [0, 0.1) is 0 Å². The molecule has 0 aliphatic heterocycles. The quantitative estimate of drug-likeness (QED) is 0.404. The summed E-state index contributed by atoms with van der Waals surface area (Å²) in [5.74, 6) is 2.04. The number of aliphatic hydroxyl groups is 1. The fourth-order valence-corrected chi connectivity index (χ4v) is 3.66. The minimum absolute atomic E-state index is 0.198. The largest absolute Gasteiger partial charge is 0.491 e. The number of hydrogen-bond donors (Lipinski definition) is 1. The lowest BCUT2D eigenvalue weighted by atomic mass is 10.0. The summed E-state index contributed by atoms with van der Waals surface area (Å²) >= 11 is 12.4. The normalized spacial score (nSPS) is 12.5. The molecule has 1 heterocycles. The zero-order valence-corrected chi connectivity index (χ0v) is 18.7. The Kier molecular flexibility index (Phi) is 8.23. The first kappa shape index (κ1) is 22.7. The van der Waals surface area contributed by atoms with Crippen molar-refractivity contribution >= 4 is 23.2 Å². The SMILES string of the molecule is CC(C)c1ccc(OCC(O)CN(Cc2ccco2)Cc2ccc(Cl)cc2Cl)cc1. The highest BCUT2D eigenvalue weighted by Gasteiger charge is 2.16. The number of halogens is 2. The summed E-state index contributed by atoms with van der Waals surface area (Å²) in [5.41, 5.74) is 2.19. The van der Waals surface area contributed by atoms with E-state index in [9.17, 15) is 5.11 Å². The van der Waals surface area contributed by atoms with Gasteiger partial charge in [-0.15, -0.1) is 0 Å². The zero-order valence-electron chi connectivity index (χ0n) is 17.2. The predicted octanol–water partition coefficient (Wildman–Crippen LogP) is 6.15. The van der Waals surface area contributed by atoms with Crippen molar-refractivity contribution in [2.75, 3.05) is 13.2 Å². The fraction of sp³-hybridized carbons (Fsp3) is 0.333.